The van der Waals surface area contributed by atoms with Crippen molar-refractivity contribution in [3.05, 3.63) is 29.2 Å². The van der Waals surface area contributed by atoms with E-state index in [9.17, 15) is 0 Å². The van der Waals surface area contributed by atoms with Crippen molar-refractivity contribution in [1.82, 2.24) is 10.3 Å². The van der Waals surface area contributed by atoms with Crippen LogP contribution < -0.4 is 5.32 Å². The summed E-state index contributed by atoms with van der Waals surface area (Å²) in [6, 6.07) is 2.28. The van der Waals surface area contributed by atoms with Gasteiger partial charge in [0.05, 0.1) is 17.5 Å². The van der Waals surface area contributed by atoms with E-state index < -0.39 is 0 Å². The largest absolute Gasteiger partial charge is 0.469 e. The molecule has 86 valence electrons. The normalized spacial score (nSPS) is 12.9. The van der Waals surface area contributed by atoms with Crippen molar-refractivity contribution >= 4 is 11.3 Å². The first-order valence-electron chi connectivity index (χ1n) is 5.45. The molecule has 0 spiro atoms. The van der Waals surface area contributed by atoms with Crippen LogP contribution in [-0.2, 0) is 0 Å². The number of nitrogens with one attached hydrogen (secondary N) is 1. The molecule has 0 amide bonds. The highest BCUT2D eigenvalue weighted by molar-refractivity contribution is 7.13. The third-order valence-electron chi connectivity index (χ3n) is 2.57. The summed E-state index contributed by atoms with van der Waals surface area (Å²) in [5, 5.41) is 6.50. The van der Waals surface area contributed by atoms with Gasteiger partial charge in [-0.25, -0.2) is 4.98 Å². The summed E-state index contributed by atoms with van der Waals surface area (Å²) < 4.78 is 5.29. The number of furan rings is 1. The molecule has 0 saturated heterocycles. The van der Waals surface area contributed by atoms with E-state index in [4.69, 9.17) is 4.42 Å². The lowest BCUT2D eigenvalue weighted by molar-refractivity contribution is 0.535. The van der Waals surface area contributed by atoms with Crippen molar-refractivity contribution in [3.63, 3.8) is 0 Å². The van der Waals surface area contributed by atoms with Crippen molar-refractivity contribution in [1.29, 1.82) is 0 Å². The molecule has 1 N–H and O–H groups in total. The Kier molecular flexibility index (Phi) is 3.41. The third kappa shape index (κ3) is 2.18. The molecule has 1 unspecified atom stereocenters. The average molecular weight is 236 g/mol. The molecule has 0 fully saturated rings. The lowest BCUT2D eigenvalue weighted by Gasteiger charge is -2.07. The van der Waals surface area contributed by atoms with Crippen LogP contribution in [-0.4, -0.2) is 11.5 Å². The minimum absolute atomic E-state index is 0.308. The number of hydrogen-bond acceptors (Lipinski definition) is 4. The molecular formula is C12H16N2OS. The maximum Gasteiger partial charge on any atom is 0.127 e. The molecule has 4 heteroatoms. The molecule has 0 aliphatic rings. The first-order valence-corrected chi connectivity index (χ1v) is 6.33. The predicted octanol–water partition coefficient (Wildman–Crippen LogP) is 3.38. The number of rotatable bonds is 4. The summed E-state index contributed by atoms with van der Waals surface area (Å²) in [5.74, 6) is 0.928. The highest BCUT2D eigenvalue weighted by atomic mass is 32.1. The second-order valence-corrected chi connectivity index (χ2v) is 4.61. The van der Waals surface area contributed by atoms with Crippen molar-refractivity contribution < 1.29 is 4.42 Å². The second kappa shape index (κ2) is 4.80. The van der Waals surface area contributed by atoms with Gasteiger partial charge in [-0.3, -0.25) is 0 Å². The Hall–Kier alpha value is -1.13. The van der Waals surface area contributed by atoms with Gasteiger partial charge in [0.2, 0.25) is 0 Å². The van der Waals surface area contributed by atoms with Crippen LogP contribution in [0.2, 0.25) is 0 Å². The van der Waals surface area contributed by atoms with Gasteiger partial charge in [0.15, 0.2) is 0 Å². The van der Waals surface area contributed by atoms with Crippen LogP contribution in [0.3, 0.4) is 0 Å². The third-order valence-corrected chi connectivity index (χ3v) is 3.46. The SMILES string of the molecule is CCNC(C)c1csc(-c2ccoc2C)n1. The van der Waals surface area contributed by atoms with E-state index >= 15 is 0 Å². The van der Waals surface area contributed by atoms with Crippen LogP contribution in [0.15, 0.2) is 22.1 Å². The Balaban J connectivity index is 2.23. The van der Waals surface area contributed by atoms with E-state index in [2.05, 4.69) is 29.5 Å². The predicted molar refractivity (Wildman–Crippen MR) is 66.6 cm³/mol. The monoisotopic (exact) mass is 236 g/mol. The number of hydrogen-bond donors (Lipinski definition) is 1. The fourth-order valence-electron chi connectivity index (χ4n) is 1.63. The molecule has 2 aromatic rings. The number of thiazole rings is 1. The topological polar surface area (TPSA) is 38.1 Å². The number of aryl methyl sites for hydroxylation is 1. The molecule has 2 heterocycles. The zero-order valence-electron chi connectivity index (χ0n) is 9.78. The van der Waals surface area contributed by atoms with Crippen LogP contribution >= 0.6 is 11.3 Å². The molecule has 3 nitrogen and oxygen atoms in total. The minimum Gasteiger partial charge on any atom is -0.469 e. The van der Waals surface area contributed by atoms with Crippen LogP contribution in [0.5, 0.6) is 0 Å². The van der Waals surface area contributed by atoms with Gasteiger partial charge < -0.3 is 9.73 Å². The van der Waals surface area contributed by atoms with Gasteiger partial charge in [-0.15, -0.1) is 11.3 Å². The summed E-state index contributed by atoms with van der Waals surface area (Å²) in [6.07, 6.45) is 1.71. The molecule has 0 aromatic carbocycles. The smallest absolute Gasteiger partial charge is 0.127 e. The summed E-state index contributed by atoms with van der Waals surface area (Å²) in [6.45, 7) is 7.15. The first kappa shape index (κ1) is 11.4. The number of nitrogens with zero attached hydrogens (tertiary/aromatic N) is 1. The molecule has 2 rings (SSSR count). The van der Waals surface area contributed by atoms with Crippen LogP contribution in [0.1, 0.15) is 31.3 Å². The van der Waals surface area contributed by atoms with E-state index in [1.807, 2.05) is 13.0 Å². The Morgan fingerprint density at radius 2 is 2.38 bits per heavy atom. The summed E-state index contributed by atoms with van der Waals surface area (Å²) >= 11 is 1.66. The van der Waals surface area contributed by atoms with Gasteiger partial charge in [-0.1, -0.05) is 6.92 Å². The number of aromatic nitrogens is 1. The fourth-order valence-corrected chi connectivity index (χ4v) is 2.61. The van der Waals surface area contributed by atoms with Gasteiger partial charge in [-0.05, 0) is 26.5 Å². The van der Waals surface area contributed by atoms with Gasteiger partial charge in [0.25, 0.3) is 0 Å². The van der Waals surface area contributed by atoms with Crippen molar-refractivity contribution in [2.75, 3.05) is 6.54 Å². The van der Waals surface area contributed by atoms with Crippen LogP contribution in [0.25, 0.3) is 10.6 Å². The Morgan fingerprint density at radius 3 is 3.00 bits per heavy atom. The van der Waals surface area contributed by atoms with Crippen molar-refractivity contribution in [2.45, 2.75) is 26.8 Å². The summed E-state index contributed by atoms with van der Waals surface area (Å²) in [7, 11) is 0. The quantitative estimate of drug-likeness (QED) is 0.884. The summed E-state index contributed by atoms with van der Waals surface area (Å²) in [4.78, 5) is 4.63. The van der Waals surface area contributed by atoms with E-state index in [1.54, 1.807) is 17.6 Å². The molecule has 0 aliphatic heterocycles. The van der Waals surface area contributed by atoms with E-state index in [-0.39, 0.29) is 0 Å². The highest BCUT2D eigenvalue weighted by Gasteiger charge is 2.12. The Labute approximate surface area is 99.5 Å². The molecule has 2 aromatic heterocycles. The molecular weight excluding hydrogens is 220 g/mol. The molecule has 0 aliphatic carbocycles. The van der Waals surface area contributed by atoms with E-state index in [0.29, 0.717) is 6.04 Å². The van der Waals surface area contributed by atoms with Crippen molar-refractivity contribution in [2.24, 2.45) is 0 Å². The molecule has 16 heavy (non-hydrogen) atoms. The molecule has 0 bridgehead atoms. The van der Waals surface area contributed by atoms with Crippen LogP contribution in [0.4, 0.5) is 0 Å². The minimum atomic E-state index is 0.308. The Morgan fingerprint density at radius 1 is 1.56 bits per heavy atom. The standard InChI is InChI=1S/C12H16N2OS/c1-4-13-8(2)11-7-16-12(14-11)10-5-6-15-9(10)3/h5-8,13H,4H2,1-3H3. The van der Waals surface area contributed by atoms with Crippen molar-refractivity contribution in [3.8, 4) is 10.6 Å². The van der Waals surface area contributed by atoms with Gasteiger partial charge >= 0.3 is 0 Å². The highest BCUT2D eigenvalue weighted by Crippen LogP contribution is 2.29. The van der Waals surface area contributed by atoms with E-state index in [0.717, 1.165) is 28.6 Å². The molecule has 0 radical (unpaired) electrons. The van der Waals surface area contributed by atoms with Gasteiger partial charge in [0, 0.05) is 11.4 Å². The zero-order chi connectivity index (χ0) is 11.5. The lowest BCUT2D eigenvalue weighted by atomic mass is 10.2. The van der Waals surface area contributed by atoms with Crippen LogP contribution in [0, 0.1) is 6.92 Å². The molecule has 1 atom stereocenters. The van der Waals surface area contributed by atoms with Gasteiger partial charge in [-0.2, -0.15) is 0 Å². The second-order valence-electron chi connectivity index (χ2n) is 3.75. The van der Waals surface area contributed by atoms with Gasteiger partial charge in [0.1, 0.15) is 10.8 Å². The zero-order valence-corrected chi connectivity index (χ0v) is 10.6. The first-order chi connectivity index (χ1) is 7.72. The molecule has 0 saturated carbocycles. The Bertz CT molecular complexity index is 461. The van der Waals surface area contributed by atoms with E-state index in [1.165, 1.54) is 0 Å². The average Bonchev–Trinajstić information content (AvgIpc) is 2.86. The lowest BCUT2D eigenvalue weighted by Crippen LogP contribution is -2.17. The maximum absolute atomic E-state index is 5.29. The summed E-state index contributed by atoms with van der Waals surface area (Å²) in [5.41, 5.74) is 2.20. The maximum atomic E-state index is 5.29. The fraction of sp³-hybridized carbons (Fsp3) is 0.417.